The van der Waals surface area contributed by atoms with Crippen LogP contribution in [0, 0.1) is 22.7 Å². The Balaban J connectivity index is 2.89. The molecule has 0 amide bonds. The molecule has 0 aliphatic heterocycles. The maximum atomic E-state index is 13.2. The Morgan fingerprint density at radius 3 is 2.15 bits per heavy atom. The van der Waals surface area contributed by atoms with Crippen LogP contribution in [0.25, 0.3) is 11.1 Å². The van der Waals surface area contributed by atoms with Crippen molar-refractivity contribution < 1.29 is 13.2 Å². The van der Waals surface area contributed by atoms with Crippen molar-refractivity contribution in [2.45, 2.75) is 6.18 Å². The van der Waals surface area contributed by atoms with Gasteiger partial charge in [0.25, 0.3) is 0 Å². The SMILES string of the molecule is N#Cc1[nH]c(C#N)c(C(F)(F)F)c1-c1ccccc1Br. The fraction of sp³-hybridized carbons (Fsp3) is 0.0769. The summed E-state index contributed by atoms with van der Waals surface area (Å²) >= 11 is 3.15. The van der Waals surface area contributed by atoms with Crippen molar-refractivity contribution >= 4 is 15.9 Å². The van der Waals surface area contributed by atoms with Crippen LogP contribution in [0.5, 0.6) is 0 Å². The highest BCUT2D eigenvalue weighted by molar-refractivity contribution is 9.10. The minimum atomic E-state index is -4.73. The van der Waals surface area contributed by atoms with Crippen LogP contribution in [-0.2, 0) is 6.18 Å². The lowest BCUT2D eigenvalue weighted by Crippen LogP contribution is -2.08. The van der Waals surface area contributed by atoms with Crippen LogP contribution in [0.3, 0.4) is 0 Å². The average molecular weight is 340 g/mol. The molecule has 100 valence electrons. The maximum Gasteiger partial charge on any atom is 0.419 e. The van der Waals surface area contributed by atoms with Gasteiger partial charge >= 0.3 is 6.18 Å². The summed E-state index contributed by atoms with van der Waals surface area (Å²) in [5, 5.41) is 17.8. The van der Waals surface area contributed by atoms with Gasteiger partial charge in [0.2, 0.25) is 0 Å². The number of hydrogen-bond acceptors (Lipinski definition) is 2. The number of benzene rings is 1. The zero-order chi connectivity index (χ0) is 14.9. The molecule has 0 radical (unpaired) electrons. The molecule has 2 rings (SSSR count). The van der Waals surface area contributed by atoms with E-state index in [0.717, 1.165) is 0 Å². The molecule has 0 saturated heterocycles. The van der Waals surface area contributed by atoms with Crippen LogP contribution in [0.2, 0.25) is 0 Å². The standard InChI is InChI=1S/C13H5BrF3N3/c14-8-4-2-1-3-7(8)11-9(5-18)20-10(6-19)12(11)13(15,16)17/h1-4,20H. The van der Waals surface area contributed by atoms with Crippen LogP contribution in [0.1, 0.15) is 17.0 Å². The third-order valence-electron chi connectivity index (χ3n) is 2.65. The molecule has 2 aromatic rings. The van der Waals surface area contributed by atoms with Crippen LogP contribution in [0.15, 0.2) is 28.7 Å². The van der Waals surface area contributed by atoms with E-state index in [4.69, 9.17) is 10.5 Å². The summed E-state index contributed by atoms with van der Waals surface area (Å²) in [6, 6.07) is 9.32. The number of nitriles is 2. The van der Waals surface area contributed by atoms with Gasteiger partial charge in [-0.1, -0.05) is 34.1 Å². The molecule has 1 N–H and O–H groups in total. The molecule has 1 heterocycles. The van der Waals surface area contributed by atoms with Gasteiger partial charge in [0.1, 0.15) is 29.1 Å². The third-order valence-corrected chi connectivity index (χ3v) is 3.34. The fourth-order valence-corrected chi connectivity index (χ4v) is 2.37. The van der Waals surface area contributed by atoms with Gasteiger partial charge in [0.05, 0.1) is 0 Å². The number of alkyl halides is 3. The van der Waals surface area contributed by atoms with E-state index in [1.165, 1.54) is 12.1 Å². The lowest BCUT2D eigenvalue weighted by Gasteiger charge is -2.10. The Labute approximate surface area is 120 Å². The zero-order valence-corrected chi connectivity index (χ0v) is 11.3. The highest BCUT2D eigenvalue weighted by atomic mass is 79.9. The van der Waals surface area contributed by atoms with Gasteiger partial charge < -0.3 is 4.98 Å². The molecule has 7 heteroatoms. The van der Waals surface area contributed by atoms with Gasteiger partial charge in [-0.15, -0.1) is 0 Å². The van der Waals surface area contributed by atoms with Crippen molar-refractivity contribution in [2.24, 2.45) is 0 Å². The largest absolute Gasteiger partial charge is 0.419 e. The van der Waals surface area contributed by atoms with Crippen LogP contribution in [-0.4, -0.2) is 4.98 Å². The highest BCUT2D eigenvalue weighted by Gasteiger charge is 2.40. The molecular weight excluding hydrogens is 335 g/mol. The number of aromatic nitrogens is 1. The zero-order valence-electron chi connectivity index (χ0n) is 9.72. The molecule has 0 unspecified atom stereocenters. The molecule has 1 aromatic heterocycles. The number of H-pyrrole nitrogens is 1. The molecule has 0 atom stereocenters. The molecule has 0 saturated carbocycles. The van der Waals surface area contributed by atoms with E-state index in [1.807, 2.05) is 0 Å². The number of rotatable bonds is 1. The van der Waals surface area contributed by atoms with E-state index < -0.39 is 17.4 Å². The van der Waals surface area contributed by atoms with Crippen molar-refractivity contribution in [3.63, 3.8) is 0 Å². The minimum Gasteiger partial charge on any atom is -0.337 e. The van der Waals surface area contributed by atoms with Crippen LogP contribution >= 0.6 is 15.9 Å². The van der Waals surface area contributed by atoms with Gasteiger partial charge in [-0.3, -0.25) is 0 Å². The number of aromatic amines is 1. The number of nitrogens with zero attached hydrogens (tertiary/aromatic N) is 2. The Hall–Kier alpha value is -2.25. The van der Waals surface area contributed by atoms with Crippen molar-refractivity contribution in [3.05, 3.63) is 45.7 Å². The second-order valence-corrected chi connectivity index (χ2v) is 4.68. The smallest absolute Gasteiger partial charge is 0.337 e. The van der Waals surface area contributed by atoms with Crippen molar-refractivity contribution in [3.8, 4) is 23.3 Å². The summed E-state index contributed by atoms with van der Waals surface area (Å²) in [7, 11) is 0. The summed E-state index contributed by atoms with van der Waals surface area (Å²) in [6.45, 7) is 0. The summed E-state index contributed by atoms with van der Waals surface area (Å²) in [6.07, 6.45) is -4.73. The predicted molar refractivity (Wildman–Crippen MR) is 68.4 cm³/mol. The monoisotopic (exact) mass is 339 g/mol. The molecule has 0 bridgehead atoms. The Kier molecular flexibility index (Phi) is 3.56. The first kappa shape index (κ1) is 14.2. The van der Waals surface area contributed by atoms with Crippen molar-refractivity contribution in [2.75, 3.05) is 0 Å². The van der Waals surface area contributed by atoms with Gasteiger partial charge in [-0.2, -0.15) is 23.7 Å². The molecular formula is C13H5BrF3N3. The molecule has 1 aromatic carbocycles. The molecule has 0 fully saturated rings. The normalized spacial score (nSPS) is 10.9. The van der Waals surface area contributed by atoms with Gasteiger partial charge in [-0.25, -0.2) is 0 Å². The highest BCUT2D eigenvalue weighted by Crippen LogP contribution is 2.43. The number of nitrogens with one attached hydrogen (secondary N) is 1. The van der Waals surface area contributed by atoms with Gasteiger partial charge in [0, 0.05) is 10.0 Å². The average Bonchev–Trinajstić information content (AvgIpc) is 2.77. The van der Waals surface area contributed by atoms with Gasteiger partial charge in [-0.05, 0) is 11.6 Å². The Morgan fingerprint density at radius 2 is 1.65 bits per heavy atom. The lowest BCUT2D eigenvalue weighted by molar-refractivity contribution is -0.137. The second-order valence-electron chi connectivity index (χ2n) is 3.83. The van der Waals surface area contributed by atoms with E-state index in [0.29, 0.717) is 4.47 Å². The van der Waals surface area contributed by atoms with E-state index in [1.54, 1.807) is 24.3 Å². The maximum absolute atomic E-state index is 13.2. The molecule has 0 aliphatic rings. The first-order valence-electron chi connectivity index (χ1n) is 5.28. The minimum absolute atomic E-state index is 0.203. The molecule has 3 nitrogen and oxygen atoms in total. The van der Waals surface area contributed by atoms with Crippen LogP contribution in [0.4, 0.5) is 13.2 Å². The summed E-state index contributed by atoms with van der Waals surface area (Å²) in [4.78, 5) is 2.22. The second kappa shape index (κ2) is 5.03. The van der Waals surface area contributed by atoms with E-state index >= 15 is 0 Å². The Bertz CT molecular complexity index is 748. The molecule has 20 heavy (non-hydrogen) atoms. The first-order valence-corrected chi connectivity index (χ1v) is 6.07. The predicted octanol–water partition coefficient (Wildman–Crippen LogP) is 4.21. The topological polar surface area (TPSA) is 63.4 Å². The van der Waals surface area contributed by atoms with E-state index in [9.17, 15) is 13.2 Å². The first-order chi connectivity index (χ1) is 9.40. The summed E-state index contributed by atoms with van der Waals surface area (Å²) in [5.41, 5.74) is -2.19. The van der Waals surface area contributed by atoms with Crippen LogP contribution < -0.4 is 0 Å². The van der Waals surface area contributed by atoms with E-state index in [2.05, 4.69) is 20.9 Å². The van der Waals surface area contributed by atoms with Crippen molar-refractivity contribution in [1.29, 1.82) is 10.5 Å². The summed E-state index contributed by atoms with van der Waals surface area (Å²) < 4.78 is 39.9. The fourth-order valence-electron chi connectivity index (χ4n) is 1.88. The van der Waals surface area contributed by atoms with Crippen molar-refractivity contribution in [1.82, 2.24) is 4.98 Å². The molecule has 0 aliphatic carbocycles. The van der Waals surface area contributed by atoms with E-state index in [-0.39, 0.29) is 16.8 Å². The number of halogens is 4. The number of hydrogen-bond donors (Lipinski definition) is 1. The van der Waals surface area contributed by atoms with Gasteiger partial charge in [0.15, 0.2) is 0 Å². The quantitative estimate of drug-likeness (QED) is 0.845. The lowest BCUT2D eigenvalue weighted by atomic mass is 10.00. The summed E-state index contributed by atoms with van der Waals surface area (Å²) in [5.74, 6) is 0. The molecule has 0 spiro atoms. The third kappa shape index (κ3) is 2.28. The Morgan fingerprint density at radius 1 is 1.05 bits per heavy atom.